The summed E-state index contributed by atoms with van der Waals surface area (Å²) >= 11 is 3.49. The summed E-state index contributed by atoms with van der Waals surface area (Å²) < 4.78 is 47.0. The molecule has 158 valence electrons. The van der Waals surface area contributed by atoms with Crippen molar-refractivity contribution in [2.45, 2.75) is 62.8 Å². The summed E-state index contributed by atoms with van der Waals surface area (Å²) in [5.74, 6) is -0.483. The molecule has 1 fully saturated rings. The fourth-order valence-corrected chi connectivity index (χ4v) is 4.64. The van der Waals surface area contributed by atoms with Gasteiger partial charge in [-0.2, -0.15) is 13.2 Å². The van der Waals surface area contributed by atoms with Crippen LogP contribution in [0.4, 0.5) is 24.7 Å². The van der Waals surface area contributed by atoms with Crippen LogP contribution < -0.4 is 10.6 Å². The highest BCUT2D eigenvalue weighted by Crippen LogP contribution is 2.44. The minimum Gasteiger partial charge on any atom is -0.416 e. The van der Waals surface area contributed by atoms with Crippen LogP contribution in [0.15, 0.2) is 15.0 Å². The number of halogens is 4. The highest BCUT2D eigenvalue weighted by molar-refractivity contribution is 9.10. The average Bonchev–Trinajstić information content (AvgIpc) is 3.30. The number of hydrogen-bond donors (Lipinski definition) is 2. The molecule has 1 saturated heterocycles. The van der Waals surface area contributed by atoms with Crippen molar-refractivity contribution < 1.29 is 22.7 Å². The van der Waals surface area contributed by atoms with Gasteiger partial charge in [-0.1, -0.05) is 12.8 Å². The summed E-state index contributed by atoms with van der Waals surface area (Å²) in [5.41, 5.74) is 3.13. The Labute approximate surface area is 173 Å². The number of hydrogen-bond acceptors (Lipinski definition) is 7. The fourth-order valence-electron chi connectivity index (χ4n) is 4.07. The number of pyridine rings is 1. The number of nitrogens with two attached hydrogens (primary N) is 1. The van der Waals surface area contributed by atoms with E-state index in [4.69, 9.17) is 10.2 Å². The lowest BCUT2D eigenvalue weighted by molar-refractivity contribution is -0.277. The molecule has 29 heavy (non-hydrogen) atoms. The summed E-state index contributed by atoms with van der Waals surface area (Å²) in [6.07, 6.45) is -1.13. The maximum absolute atomic E-state index is 13.7. The zero-order valence-electron chi connectivity index (χ0n) is 15.5. The molecule has 0 saturated carbocycles. The summed E-state index contributed by atoms with van der Waals surface area (Å²) in [7, 11) is 0. The average molecular weight is 476 g/mol. The number of nitrogen functional groups attached to an aromatic ring is 1. The van der Waals surface area contributed by atoms with Crippen LogP contribution in [-0.4, -0.2) is 39.1 Å². The molecular weight excluding hydrogens is 455 g/mol. The van der Waals surface area contributed by atoms with Gasteiger partial charge >= 0.3 is 6.18 Å². The lowest BCUT2D eigenvalue weighted by Gasteiger charge is -2.28. The van der Waals surface area contributed by atoms with Crippen molar-refractivity contribution in [3.63, 3.8) is 0 Å². The van der Waals surface area contributed by atoms with E-state index >= 15 is 0 Å². The largest absolute Gasteiger partial charge is 0.426 e. The third kappa shape index (κ3) is 3.58. The number of aromatic nitrogens is 3. The van der Waals surface area contributed by atoms with Crippen molar-refractivity contribution in [2.24, 2.45) is 0 Å². The van der Waals surface area contributed by atoms with Crippen LogP contribution in [0.3, 0.4) is 0 Å². The van der Waals surface area contributed by atoms with E-state index in [1.54, 1.807) is 6.07 Å². The Morgan fingerprint density at radius 1 is 1.21 bits per heavy atom. The molecule has 2 aliphatic heterocycles. The normalized spacial score (nSPS) is 25.6. The summed E-state index contributed by atoms with van der Waals surface area (Å²) in [4.78, 5) is 6.75. The molecule has 2 atom stereocenters. The van der Waals surface area contributed by atoms with Crippen LogP contribution in [0.1, 0.15) is 50.8 Å². The SMILES string of the molecule is Nc1cc(Br)c2nc1-c1nnc(o1)C(O)(C(F)(F)F)CCCCC[C@@H]1CCCN21. The molecule has 0 spiro atoms. The van der Waals surface area contributed by atoms with Crippen LogP contribution >= 0.6 is 15.9 Å². The van der Waals surface area contributed by atoms with E-state index in [9.17, 15) is 18.3 Å². The topological polar surface area (TPSA) is 101 Å². The molecule has 11 heteroatoms. The molecule has 0 aromatic carbocycles. The Morgan fingerprint density at radius 2 is 1.97 bits per heavy atom. The molecule has 1 unspecified atom stereocenters. The Morgan fingerprint density at radius 3 is 2.72 bits per heavy atom. The standard InChI is InChI=1S/C18H21BrF3N5O2/c19-11-9-12(23)13-15-25-26-16(29-15)17(28,18(20,21)22)7-3-1-2-5-10-6-4-8-27(10)14(11)24-13/h9-10,28H,1-8,23H2/t10-,17?/m1/s1. The van der Waals surface area contributed by atoms with Gasteiger partial charge in [0, 0.05) is 12.6 Å². The third-order valence-corrected chi connectivity index (χ3v) is 6.25. The van der Waals surface area contributed by atoms with E-state index in [1.165, 1.54) is 0 Å². The van der Waals surface area contributed by atoms with Gasteiger partial charge in [0.15, 0.2) is 5.69 Å². The van der Waals surface area contributed by atoms with E-state index in [2.05, 4.69) is 36.0 Å². The van der Waals surface area contributed by atoms with Gasteiger partial charge in [-0.25, -0.2) is 4.98 Å². The Bertz CT molecular complexity index is 906. The summed E-state index contributed by atoms with van der Waals surface area (Å²) in [5, 5.41) is 17.6. The number of alkyl halides is 3. The van der Waals surface area contributed by atoms with Crippen molar-refractivity contribution in [3.8, 4) is 11.6 Å². The molecule has 4 bridgehead atoms. The van der Waals surface area contributed by atoms with Gasteiger partial charge in [0.25, 0.3) is 11.8 Å². The first-order valence-corrected chi connectivity index (χ1v) is 10.4. The quantitative estimate of drug-likeness (QED) is 0.589. The number of nitrogens with zero attached hydrogens (tertiary/aromatic N) is 4. The minimum atomic E-state index is -4.94. The van der Waals surface area contributed by atoms with Crippen molar-refractivity contribution in [3.05, 3.63) is 16.4 Å². The zero-order chi connectivity index (χ0) is 20.8. The number of rotatable bonds is 0. The molecule has 2 aromatic rings. The van der Waals surface area contributed by atoms with Crippen LogP contribution in [0, 0.1) is 0 Å². The maximum Gasteiger partial charge on any atom is 0.426 e. The lowest BCUT2D eigenvalue weighted by Crippen LogP contribution is -2.42. The van der Waals surface area contributed by atoms with Crippen LogP contribution in [0.5, 0.6) is 0 Å². The maximum atomic E-state index is 13.7. The highest BCUT2D eigenvalue weighted by Gasteiger charge is 2.58. The highest BCUT2D eigenvalue weighted by atomic mass is 79.9. The lowest BCUT2D eigenvalue weighted by atomic mass is 9.94. The van der Waals surface area contributed by atoms with Crippen LogP contribution in [0.2, 0.25) is 0 Å². The summed E-state index contributed by atoms with van der Waals surface area (Å²) in [6, 6.07) is 1.89. The minimum absolute atomic E-state index is 0.106. The zero-order valence-corrected chi connectivity index (χ0v) is 17.1. The van der Waals surface area contributed by atoms with Crippen molar-refractivity contribution >= 4 is 27.4 Å². The Balaban J connectivity index is 1.84. The fraction of sp³-hybridized carbons (Fsp3) is 0.611. The van der Waals surface area contributed by atoms with E-state index in [0.717, 1.165) is 32.2 Å². The van der Waals surface area contributed by atoms with E-state index < -0.39 is 24.1 Å². The molecule has 0 amide bonds. The number of anilines is 2. The van der Waals surface area contributed by atoms with Crippen molar-refractivity contribution in [1.82, 2.24) is 15.2 Å². The number of fused-ring (bicyclic) bond motifs is 7. The van der Waals surface area contributed by atoms with Crippen LogP contribution in [0.25, 0.3) is 11.6 Å². The second-order valence-electron chi connectivity index (χ2n) is 7.59. The monoisotopic (exact) mass is 475 g/mol. The second-order valence-corrected chi connectivity index (χ2v) is 8.45. The molecule has 0 aliphatic carbocycles. The van der Waals surface area contributed by atoms with E-state index in [1.807, 2.05) is 0 Å². The molecule has 3 N–H and O–H groups in total. The molecule has 7 nitrogen and oxygen atoms in total. The molecule has 2 aromatic heterocycles. The van der Waals surface area contributed by atoms with Gasteiger partial charge in [0.2, 0.25) is 5.60 Å². The van der Waals surface area contributed by atoms with Crippen LogP contribution in [-0.2, 0) is 5.60 Å². The van der Waals surface area contributed by atoms with Crippen molar-refractivity contribution in [1.29, 1.82) is 0 Å². The first-order valence-electron chi connectivity index (χ1n) is 9.57. The smallest absolute Gasteiger partial charge is 0.416 e. The van der Waals surface area contributed by atoms with Gasteiger partial charge in [-0.05, 0) is 54.1 Å². The van der Waals surface area contributed by atoms with Gasteiger partial charge < -0.3 is 20.2 Å². The first-order chi connectivity index (χ1) is 13.7. The molecule has 0 radical (unpaired) electrons. The third-order valence-electron chi connectivity index (χ3n) is 5.66. The van der Waals surface area contributed by atoms with Gasteiger partial charge in [-0.15, -0.1) is 10.2 Å². The second kappa shape index (κ2) is 7.42. The number of aliphatic hydroxyl groups is 1. The van der Waals surface area contributed by atoms with Gasteiger partial charge in [-0.3, -0.25) is 0 Å². The van der Waals surface area contributed by atoms with E-state index in [0.29, 0.717) is 16.7 Å². The van der Waals surface area contributed by atoms with Gasteiger partial charge in [0.05, 0.1) is 10.2 Å². The Kier molecular flexibility index (Phi) is 5.22. The predicted octanol–water partition coefficient (Wildman–Crippen LogP) is 4.16. The summed E-state index contributed by atoms with van der Waals surface area (Å²) in [6.45, 7) is 0.836. The molecular formula is C18H21BrF3N5O2. The predicted molar refractivity (Wildman–Crippen MR) is 103 cm³/mol. The Hall–Kier alpha value is -1.88. The van der Waals surface area contributed by atoms with Gasteiger partial charge in [0.1, 0.15) is 5.82 Å². The molecule has 4 rings (SSSR count). The molecule has 4 heterocycles. The van der Waals surface area contributed by atoms with E-state index in [-0.39, 0.29) is 29.7 Å². The molecule has 2 aliphatic rings. The van der Waals surface area contributed by atoms with Crippen molar-refractivity contribution in [2.75, 3.05) is 17.2 Å². The first kappa shape index (κ1) is 20.4.